The molecule has 1 rings (SSSR count). The fraction of sp³-hybridized carbons (Fsp3) is 0.941. The summed E-state index contributed by atoms with van der Waals surface area (Å²) in [6.45, 7) is 15.1. The van der Waals surface area contributed by atoms with Crippen LogP contribution in [0.5, 0.6) is 0 Å². The maximum atomic E-state index is 12.1. The fourth-order valence-electron chi connectivity index (χ4n) is 2.89. The third kappa shape index (κ3) is 6.68. The number of ether oxygens (including phenoxy) is 1. The van der Waals surface area contributed by atoms with Crippen LogP contribution in [0.3, 0.4) is 0 Å². The molecule has 4 nitrogen and oxygen atoms in total. The summed E-state index contributed by atoms with van der Waals surface area (Å²) in [5.41, 5.74) is -0.409. The summed E-state index contributed by atoms with van der Waals surface area (Å²) in [7, 11) is 0. The van der Waals surface area contributed by atoms with Gasteiger partial charge in [0.15, 0.2) is 0 Å². The third-order valence-corrected chi connectivity index (χ3v) is 3.97. The maximum Gasteiger partial charge on any atom is 0.410 e. The van der Waals surface area contributed by atoms with E-state index >= 15 is 0 Å². The summed E-state index contributed by atoms with van der Waals surface area (Å²) >= 11 is 0. The Morgan fingerprint density at radius 3 is 2.52 bits per heavy atom. The second-order valence-corrected chi connectivity index (χ2v) is 7.61. The van der Waals surface area contributed by atoms with E-state index in [2.05, 4.69) is 26.1 Å². The van der Waals surface area contributed by atoms with Crippen LogP contribution in [-0.4, -0.2) is 42.3 Å². The molecule has 0 aromatic heterocycles. The summed E-state index contributed by atoms with van der Waals surface area (Å²) in [4.78, 5) is 14.0. The van der Waals surface area contributed by atoms with Gasteiger partial charge in [-0.1, -0.05) is 20.8 Å². The van der Waals surface area contributed by atoms with E-state index in [1.165, 1.54) is 12.8 Å². The number of hydrogen-bond acceptors (Lipinski definition) is 3. The molecule has 0 bridgehead atoms. The molecule has 2 unspecified atom stereocenters. The van der Waals surface area contributed by atoms with Crippen molar-refractivity contribution in [3.63, 3.8) is 0 Å². The molecule has 1 saturated heterocycles. The van der Waals surface area contributed by atoms with Crippen molar-refractivity contribution in [1.82, 2.24) is 10.2 Å². The zero-order valence-corrected chi connectivity index (χ0v) is 14.7. The molecule has 124 valence electrons. The number of nitrogens with zero attached hydrogens (tertiary/aromatic N) is 1. The van der Waals surface area contributed by atoms with Gasteiger partial charge < -0.3 is 15.0 Å². The highest BCUT2D eigenvalue weighted by atomic mass is 16.6. The summed E-state index contributed by atoms with van der Waals surface area (Å²) in [6, 6.07) is 0.518. The van der Waals surface area contributed by atoms with E-state index in [9.17, 15) is 4.79 Å². The lowest BCUT2D eigenvalue weighted by Crippen LogP contribution is -2.40. The number of nitrogens with one attached hydrogen (secondary N) is 1. The molecule has 21 heavy (non-hydrogen) atoms. The standard InChI is InChI=1S/C17H34N2O2/c1-7-18-15(9-8-13(2)3)14-10-11-19(12-14)16(20)21-17(4,5)6/h13-15,18H,7-12H2,1-6H3. The van der Waals surface area contributed by atoms with Crippen molar-refractivity contribution >= 4 is 6.09 Å². The van der Waals surface area contributed by atoms with Gasteiger partial charge in [-0.25, -0.2) is 4.79 Å². The number of hydrogen-bond donors (Lipinski definition) is 1. The monoisotopic (exact) mass is 298 g/mol. The SMILES string of the molecule is CCNC(CCC(C)C)C1CCN(C(=O)OC(C)(C)C)C1. The summed E-state index contributed by atoms with van der Waals surface area (Å²) < 4.78 is 5.47. The lowest BCUT2D eigenvalue weighted by Gasteiger charge is -2.27. The van der Waals surface area contributed by atoms with Crippen LogP contribution in [-0.2, 0) is 4.74 Å². The zero-order chi connectivity index (χ0) is 16.0. The lowest BCUT2D eigenvalue weighted by atomic mass is 9.92. The first-order valence-electron chi connectivity index (χ1n) is 8.44. The Morgan fingerprint density at radius 1 is 1.33 bits per heavy atom. The topological polar surface area (TPSA) is 41.6 Å². The average Bonchev–Trinajstić information content (AvgIpc) is 2.81. The van der Waals surface area contributed by atoms with Gasteiger partial charge >= 0.3 is 6.09 Å². The third-order valence-electron chi connectivity index (χ3n) is 3.97. The Hall–Kier alpha value is -0.770. The molecule has 1 fully saturated rings. The molecule has 0 aliphatic carbocycles. The highest BCUT2D eigenvalue weighted by molar-refractivity contribution is 5.68. The van der Waals surface area contributed by atoms with Crippen LogP contribution < -0.4 is 5.32 Å². The summed E-state index contributed by atoms with van der Waals surface area (Å²) in [5.74, 6) is 1.28. The smallest absolute Gasteiger partial charge is 0.410 e. The molecule has 4 heteroatoms. The van der Waals surface area contributed by atoms with E-state index in [4.69, 9.17) is 4.74 Å². The predicted molar refractivity (Wildman–Crippen MR) is 87.5 cm³/mol. The van der Waals surface area contributed by atoms with Crippen molar-refractivity contribution in [3.05, 3.63) is 0 Å². The van der Waals surface area contributed by atoms with Crippen molar-refractivity contribution in [2.75, 3.05) is 19.6 Å². The Bertz CT molecular complexity index is 323. The van der Waals surface area contributed by atoms with Gasteiger partial charge in [0, 0.05) is 19.1 Å². The predicted octanol–water partition coefficient (Wildman–Crippen LogP) is 3.66. The van der Waals surface area contributed by atoms with Crippen LogP contribution in [0.1, 0.15) is 60.8 Å². The summed E-state index contributed by atoms with van der Waals surface area (Å²) in [6.07, 6.45) is 3.35. The normalized spacial score (nSPS) is 20.9. The minimum atomic E-state index is -0.409. The first kappa shape index (κ1) is 18.3. The lowest BCUT2D eigenvalue weighted by molar-refractivity contribution is 0.0285. The second kappa shape index (κ2) is 8.02. The van der Waals surface area contributed by atoms with Gasteiger partial charge in [-0.3, -0.25) is 0 Å². The van der Waals surface area contributed by atoms with E-state index in [1.54, 1.807) is 0 Å². The number of likely N-dealkylation sites (tertiary alicyclic amines) is 1. The van der Waals surface area contributed by atoms with E-state index < -0.39 is 5.60 Å². The number of rotatable bonds is 6. The molecule has 2 atom stereocenters. The highest BCUT2D eigenvalue weighted by Gasteiger charge is 2.33. The number of carbonyl (C=O) groups is 1. The second-order valence-electron chi connectivity index (χ2n) is 7.61. The molecule has 0 saturated carbocycles. The largest absolute Gasteiger partial charge is 0.444 e. The van der Waals surface area contributed by atoms with Gasteiger partial charge in [-0.2, -0.15) is 0 Å². The molecule has 0 aromatic rings. The van der Waals surface area contributed by atoms with Crippen LogP contribution in [0.15, 0.2) is 0 Å². The Balaban J connectivity index is 2.51. The van der Waals surface area contributed by atoms with Gasteiger partial charge in [-0.05, 0) is 58.4 Å². The van der Waals surface area contributed by atoms with Gasteiger partial charge in [0.2, 0.25) is 0 Å². The van der Waals surface area contributed by atoms with Gasteiger partial charge in [0.25, 0.3) is 0 Å². The van der Waals surface area contributed by atoms with E-state index in [1.807, 2.05) is 25.7 Å². The first-order valence-corrected chi connectivity index (χ1v) is 8.44. The molecule has 1 N–H and O–H groups in total. The van der Waals surface area contributed by atoms with Crippen molar-refractivity contribution < 1.29 is 9.53 Å². The average molecular weight is 298 g/mol. The quantitative estimate of drug-likeness (QED) is 0.813. The van der Waals surface area contributed by atoms with Gasteiger partial charge in [-0.15, -0.1) is 0 Å². The van der Waals surface area contributed by atoms with Crippen molar-refractivity contribution in [3.8, 4) is 0 Å². The molecule has 0 radical (unpaired) electrons. The first-order chi connectivity index (χ1) is 9.73. The van der Waals surface area contributed by atoms with Crippen molar-refractivity contribution in [2.24, 2.45) is 11.8 Å². The minimum Gasteiger partial charge on any atom is -0.444 e. The maximum absolute atomic E-state index is 12.1. The molecule has 1 aliphatic rings. The number of carbonyl (C=O) groups excluding carboxylic acids is 1. The van der Waals surface area contributed by atoms with Crippen molar-refractivity contribution in [2.45, 2.75) is 72.4 Å². The Labute approximate surface area is 130 Å². The highest BCUT2D eigenvalue weighted by Crippen LogP contribution is 2.25. The Kier molecular flexibility index (Phi) is 6.98. The fourth-order valence-corrected chi connectivity index (χ4v) is 2.89. The van der Waals surface area contributed by atoms with Crippen molar-refractivity contribution in [1.29, 1.82) is 0 Å². The van der Waals surface area contributed by atoms with E-state index in [0.717, 1.165) is 32.0 Å². The van der Waals surface area contributed by atoms with Crippen LogP contribution >= 0.6 is 0 Å². The van der Waals surface area contributed by atoms with E-state index in [0.29, 0.717) is 12.0 Å². The van der Waals surface area contributed by atoms with Crippen LogP contribution in [0.2, 0.25) is 0 Å². The van der Waals surface area contributed by atoms with Gasteiger partial charge in [0.1, 0.15) is 5.60 Å². The Morgan fingerprint density at radius 2 is 2.00 bits per heavy atom. The molecule has 1 aliphatic heterocycles. The molecule has 0 aromatic carbocycles. The molecule has 1 amide bonds. The van der Waals surface area contributed by atoms with Crippen LogP contribution in [0.25, 0.3) is 0 Å². The van der Waals surface area contributed by atoms with Gasteiger partial charge in [0.05, 0.1) is 0 Å². The molecular formula is C17H34N2O2. The van der Waals surface area contributed by atoms with E-state index in [-0.39, 0.29) is 6.09 Å². The molecular weight excluding hydrogens is 264 g/mol. The van der Waals surface area contributed by atoms with Crippen LogP contribution in [0, 0.1) is 11.8 Å². The molecule has 1 heterocycles. The molecule has 0 spiro atoms. The number of amides is 1. The zero-order valence-electron chi connectivity index (χ0n) is 14.7. The summed E-state index contributed by atoms with van der Waals surface area (Å²) in [5, 5.41) is 3.61. The minimum absolute atomic E-state index is 0.163. The van der Waals surface area contributed by atoms with Crippen LogP contribution in [0.4, 0.5) is 4.79 Å².